The molecule has 21 heavy (non-hydrogen) atoms. The minimum Gasteiger partial charge on any atom is -0.369 e. The van der Waals surface area contributed by atoms with Crippen LogP contribution in [0.5, 0.6) is 0 Å². The minimum absolute atomic E-state index is 0.0330. The molecule has 2 heterocycles. The molecule has 1 fully saturated rings. The minimum atomic E-state index is 0.0330. The van der Waals surface area contributed by atoms with Gasteiger partial charge in [0.15, 0.2) is 0 Å². The van der Waals surface area contributed by atoms with Crippen LogP contribution in [0.15, 0.2) is 12.3 Å². The summed E-state index contributed by atoms with van der Waals surface area (Å²) in [4.78, 5) is 18.7. The third kappa shape index (κ3) is 3.67. The number of anilines is 1. The summed E-state index contributed by atoms with van der Waals surface area (Å²) in [5.74, 6) is 0.665. The molecule has 0 atom stereocenters. The van der Waals surface area contributed by atoms with Crippen LogP contribution in [0.3, 0.4) is 0 Å². The van der Waals surface area contributed by atoms with E-state index >= 15 is 0 Å². The molecule has 1 N–H and O–H groups in total. The predicted molar refractivity (Wildman–Crippen MR) is 86.9 cm³/mol. The summed E-state index contributed by atoms with van der Waals surface area (Å²) in [6.07, 6.45) is 4.90. The first kappa shape index (κ1) is 16.1. The Morgan fingerprint density at radius 2 is 2.10 bits per heavy atom. The van der Waals surface area contributed by atoms with Crippen molar-refractivity contribution in [1.82, 2.24) is 9.88 Å². The van der Waals surface area contributed by atoms with Gasteiger partial charge in [-0.15, -0.1) is 0 Å². The summed E-state index contributed by atoms with van der Waals surface area (Å²) in [5, 5.41) is 3.57. The molecule has 0 radical (unpaired) electrons. The second-order valence-electron chi connectivity index (χ2n) is 6.04. The SMILES string of the molecule is CCNc1ncc(C(=O)N2CCC(C)(CC)CC2)cc1Cl. The molecule has 1 aliphatic heterocycles. The van der Waals surface area contributed by atoms with Crippen molar-refractivity contribution in [3.05, 3.63) is 22.8 Å². The third-order valence-electron chi connectivity index (χ3n) is 4.54. The largest absolute Gasteiger partial charge is 0.369 e. The van der Waals surface area contributed by atoms with Gasteiger partial charge in [0.25, 0.3) is 5.91 Å². The fourth-order valence-electron chi connectivity index (χ4n) is 2.64. The molecular weight excluding hydrogens is 286 g/mol. The second-order valence-corrected chi connectivity index (χ2v) is 6.45. The van der Waals surface area contributed by atoms with Crippen LogP contribution in [0, 0.1) is 5.41 Å². The van der Waals surface area contributed by atoms with Crippen molar-refractivity contribution in [2.75, 3.05) is 25.0 Å². The molecule has 0 aliphatic carbocycles. The Morgan fingerprint density at radius 3 is 2.62 bits per heavy atom. The highest BCUT2D eigenvalue weighted by atomic mass is 35.5. The van der Waals surface area contributed by atoms with Gasteiger partial charge in [0, 0.05) is 25.8 Å². The van der Waals surface area contributed by atoms with E-state index in [0.29, 0.717) is 21.8 Å². The number of amides is 1. The number of aromatic nitrogens is 1. The second kappa shape index (κ2) is 6.65. The Kier molecular flexibility index (Phi) is 5.09. The molecule has 1 aromatic heterocycles. The molecule has 2 rings (SSSR count). The number of hydrogen-bond acceptors (Lipinski definition) is 3. The first-order valence-corrected chi connectivity index (χ1v) is 8.05. The van der Waals surface area contributed by atoms with Gasteiger partial charge < -0.3 is 10.2 Å². The molecule has 0 aromatic carbocycles. The summed E-state index contributed by atoms with van der Waals surface area (Å²) >= 11 is 6.16. The molecule has 0 saturated carbocycles. The number of hydrogen-bond donors (Lipinski definition) is 1. The highest BCUT2D eigenvalue weighted by molar-refractivity contribution is 6.33. The van der Waals surface area contributed by atoms with E-state index < -0.39 is 0 Å². The number of halogens is 1. The lowest BCUT2D eigenvalue weighted by Crippen LogP contribution is -2.42. The van der Waals surface area contributed by atoms with E-state index in [-0.39, 0.29) is 5.91 Å². The molecule has 0 unspecified atom stereocenters. The van der Waals surface area contributed by atoms with E-state index in [9.17, 15) is 4.79 Å². The zero-order chi connectivity index (χ0) is 15.5. The Morgan fingerprint density at radius 1 is 1.43 bits per heavy atom. The molecule has 0 spiro atoms. The van der Waals surface area contributed by atoms with E-state index in [2.05, 4.69) is 24.1 Å². The lowest BCUT2D eigenvalue weighted by molar-refractivity contribution is 0.0600. The monoisotopic (exact) mass is 309 g/mol. The van der Waals surface area contributed by atoms with Crippen molar-refractivity contribution in [3.63, 3.8) is 0 Å². The van der Waals surface area contributed by atoms with Crippen LogP contribution in [0.2, 0.25) is 5.02 Å². The summed E-state index contributed by atoms with van der Waals surface area (Å²) in [7, 11) is 0. The van der Waals surface area contributed by atoms with E-state index in [1.54, 1.807) is 12.3 Å². The van der Waals surface area contributed by atoms with E-state index in [4.69, 9.17) is 11.6 Å². The van der Waals surface area contributed by atoms with Gasteiger partial charge in [-0.05, 0) is 31.2 Å². The molecule has 4 nitrogen and oxygen atoms in total. The van der Waals surface area contributed by atoms with Crippen molar-refractivity contribution < 1.29 is 4.79 Å². The standard InChI is InChI=1S/C16H24ClN3O/c1-4-16(3)6-8-20(9-7-16)15(21)12-10-13(17)14(18-5-2)19-11-12/h10-11H,4-9H2,1-3H3,(H,18,19). The number of likely N-dealkylation sites (tertiary alicyclic amines) is 1. The number of carbonyl (C=O) groups excluding carboxylic acids is 1. The quantitative estimate of drug-likeness (QED) is 0.919. The molecule has 5 heteroatoms. The Labute approximate surface area is 131 Å². The molecular formula is C16H24ClN3O. The number of pyridine rings is 1. The van der Waals surface area contributed by atoms with Crippen molar-refractivity contribution >= 4 is 23.3 Å². The molecule has 1 amide bonds. The average Bonchev–Trinajstić information content (AvgIpc) is 2.49. The maximum atomic E-state index is 12.5. The van der Waals surface area contributed by atoms with Crippen molar-refractivity contribution in [3.8, 4) is 0 Å². The Balaban J connectivity index is 2.06. The van der Waals surface area contributed by atoms with Crippen molar-refractivity contribution in [2.24, 2.45) is 5.41 Å². The van der Waals surface area contributed by atoms with Crippen LogP contribution < -0.4 is 5.32 Å². The van der Waals surface area contributed by atoms with Gasteiger partial charge in [0.05, 0.1) is 10.6 Å². The first-order valence-electron chi connectivity index (χ1n) is 7.68. The predicted octanol–water partition coefficient (Wildman–Crippen LogP) is 3.82. The summed E-state index contributed by atoms with van der Waals surface area (Å²) in [6, 6.07) is 1.71. The van der Waals surface area contributed by atoms with Gasteiger partial charge in [0.2, 0.25) is 0 Å². The Hall–Kier alpha value is -1.29. The van der Waals surface area contributed by atoms with Crippen molar-refractivity contribution in [1.29, 1.82) is 0 Å². The maximum absolute atomic E-state index is 12.5. The Bertz CT molecular complexity index is 510. The molecule has 116 valence electrons. The van der Waals surface area contributed by atoms with E-state index in [1.165, 1.54) is 6.42 Å². The number of carbonyl (C=O) groups is 1. The van der Waals surface area contributed by atoms with Crippen molar-refractivity contribution in [2.45, 2.75) is 40.0 Å². The third-order valence-corrected chi connectivity index (χ3v) is 4.83. The fraction of sp³-hybridized carbons (Fsp3) is 0.625. The highest BCUT2D eigenvalue weighted by Crippen LogP contribution is 2.34. The highest BCUT2D eigenvalue weighted by Gasteiger charge is 2.30. The van der Waals surface area contributed by atoms with Gasteiger partial charge in [-0.3, -0.25) is 4.79 Å². The molecule has 1 saturated heterocycles. The van der Waals surface area contributed by atoms with Crippen LogP contribution >= 0.6 is 11.6 Å². The first-order chi connectivity index (χ1) is 9.99. The van der Waals surface area contributed by atoms with Gasteiger partial charge >= 0.3 is 0 Å². The normalized spacial score (nSPS) is 17.6. The summed E-state index contributed by atoms with van der Waals surface area (Å²) < 4.78 is 0. The topological polar surface area (TPSA) is 45.2 Å². The van der Waals surface area contributed by atoms with Crippen LogP contribution in [0.1, 0.15) is 50.4 Å². The number of nitrogens with zero attached hydrogens (tertiary/aromatic N) is 2. The number of rotatable bonds is 4. The smallest absolute Gasteiger partial charge is 0.255 e. The van der Waals surface area contributed by atoms with Gasteiger partial charge in [-0.1, -0.05) is 31.9 Å². The number of piperidine rings is 1. The molecule has 1 aromatic rings. The van der Waals surface area contributed by atoms with Gasteiger partial charge in [-0.2, -0.15) is 0 Å². The molecule has 0 bridgehead atoms. The zero-order valence-electron chi connectivity index (χ0n) is 13.1. The summed E-state index contributed by atoms with van der Waals surface area (Å²) in [6.45, 7) is 8.89. The van der Waals surface area contributed by atoms with Crippen LogP contribution in [0.4, 0.5) is 5.82 Å². The zero-order valence-corrected chi connectivity index (χ0v) is 13.8. The number of nitrogens with one attached hydrogen (secondary N) is 1. The molecule has 1 aliphatic rings. The van der Waals surface area contributed by atoms with E-state index in [1.807, 2.05) is 11.8 Å². The maximum Gasteiger partial charge on any atom is 0.255 e. The lowest BCUT2D eigenvalue weighted by atomic mass is 9.78. The average molecular weight is 310 g/mol. The van der Waals surface area contributed by atoms with Gasteiger partial charge in [-0.25, -0.2) is 4.98 Å². The summed E-state index contributed by atoms with van der Waals surface area (Å²) in [5.41, 5.74) is 0.948. The lowest BCUT2D eigenvalue weighted by Gasteiger charge is -2.38. The fourth-order valence-corrected chi connectivity index (χ4v) is 2.87. The van der Waals surface area contributed by atoms with Crippen LogP contribution in [-0.2, 0) is 0 Å². The van der Waals surface area contributed by atoms with E-state index in [0.717, 1.165) is 32.5 Å². The van der Waals surface area contributed by atoms with Gasteiger partial charge in [0.1, 0.15) is 5.82 Å². The van der Waals surface area contributed by atoms with Crippen LogP contribution in [0.25, 0.3) is 0 Å². The van der Waals surface area contributed by atoms with Crippen LogP contribution in [-0.4, -0.2) is 35.4 Å².